The van der Waals surface area contributed by atoms with Crippen LogP contribution in [0, 0.1) is 0 Å². The van der Waals surface area contributed by atoms with E-state index in [1.54, 1.807) is 4.90 Å². The van der Waals surface area contributed by atoms with Crippen LogP contribution >= 0.6 is 0 Å². The average molecular weight is 346 g/mol. The molecule has 1 aromatic heterocycles. The number of nitrogens with two attached hydrogens (primary N) is 1. The number of aromatic nitrogens is 1. The summed E-state index contributed by atoms with van der Waals surface area (Å²) < 4.78 is 0. The van der Waals surface area contributed by atoms with Crippen molar-refractivity contribution in [2.75, 3.05) is 18.0 Å². The van der Waals surface area contributed by atoms with Gasteiger partial charge < -0.3 is 20.5 Å². The van der Waals surface area contributed by atoms with E-state index in [0.29, 0.717) is 6.54 Å². The molecule has 132 valence electrons. The van der Waals surface area contributed by atoms with Crippen LogP contribution in [-0.4, -0.2) is 29.0 Å². The van der Waals surface area contributed by atoms with Crippen LogP contribution in [0.4, 0.5) is 10.5 Å². The number of rotatable bonds is 2. The zero-order valence-corrected chi connectivity index (χ0v) is 14.6. The first kappa shape index (κ1) is 15.3. The van der Waals surface area contributed by atoms with Crippen molar-refractivity contribution in [1.82, 2.24) is 9.88 Å². The number of hydrogen-bond donors (Lipinski definition) is 2. The minimum Gasteiger partial charge on any atom is -0.372 e. The SMILES string of the molecule is NC(=O)N1Cc2cc(N3CCCC3)ccc2C1c1c[nH]c2ccccc12. The second-order valence-corrected chi connectivity index (χ2v) is 7.24. The third-order valence-corrected chi connectivity index (χ3v) is 5.74. The van der Waals surface area contributed by atoms with Crippen molar-refractivity contribution >= 4 is 22.6 Å². The lowest BCUT2D eigenvalue weighted by Crippen LogP contribution is -2.34. The molecule has 0 radical (unpaired) electrons. The van der Waals surface area contributed by atoms with E-state index in [2.05, 4.69) is 40.2 Å². The quantitative estimate of drug-likeness (QED) is 0.742. The molecule has 1 fully saturated rings. The van der Waals surface area contributed by atoms with Gasteiger partial charge >= 0.3 is 6.03 Å². The third-order valence-electron chi connectivity index (χ3n) is 5.74. The molecule has 1 saturated heterocycles. The van der Waals surface area contributed by atoms with Crippen LogP contribution in [0.3, 0.4) is 0 Å². The van der Waals surface area contributed by atoms with E-state index < -0.39 is 0 Å². The van der Waals surface area contributed by atoms with E-state index in [1.165, 1.54) is 29.7 Å². The third kappa shape index (κ3) is 2.27. The van der Waals surface area contributed by atoms with Gasteiger partial charge in [-0.3, -0.25) is 0 Å². The first-order chi connectivity index (χ1) is 12.7. The van der Waals surface area contributed by atoms with Gasteiger partial charge in [0, 0.05) is 48.0 Å². The Morgan fingerprint density at radius 3 is 2.69 bits per heavy atom. The van der Waals surface area contributed by atoms with Gasteiger partial charge in [-0.2, -0.15) is 0 Å². The molecule has 1 unspecified atom stereocenters. The summed E-state index contributed by atoms with van der Waals surface area (Å²) >= 11 is 0. The van der Waals surface area contributed by atoms with Gasteiger partial charge in [0.25, 0.3) is 0 Å². The molecular formula is C21H22N4O. The smallest absolute Gasteiger partial charge is 0.315 e. The summed E-state index contributed by atoms with van der Waals surface area (Å²) in [5.74, 6) is 0. The lowest BCUT2D eigenvalue weighted by molar-refractivity contribution is 0.199. The van der Waals surface area contributed by atoms with Crippen molar-refractivity contribution in [2.45, 2.75) is 25.4 Å². The molecular weight excluding hydrogens is 324 g/mol. The predicted molar refractivity (Wildman–Crippen MR) is 103 cm³/mol. The molecule has 3 N–H and O–H groups in total. The van der Waals surface area contributed by atoms with Crippen molar-refractivity contribution in [2.24, 2.45) is 5.73 Å². The number of H-pyrrole nitrogens is 1. The highest BCUT2D eigenvalue weighted by Gasteiger charge is 2.35. The highest BCUT2D eigenvalue weighted by Crippen LogP contribution is 2.42. The van der Waals surface area contributed by atoms with Crippen LogP contribution in [0.5, 0.6) is 0 Å². The number of urea groups is 1. The molecule has 5 heteroatoms. The summed E-state index contributed by atoms with van der Waals surface area (Å²) in [4.78, 5) is 19.7. The van der Waals surface area contributed by atoms with Gasteiger partial charge in [0.15, 0.2) is 0 Å². The van der Waals surface area contributed by atoms with Gasteiger partial charge in [0.1, 0.15) is 0 Å². The summed E-state index contributed by atoms with van der Waals surface area (Å²) in [6.07, 6.45) is 4.51. The average Bonchev–Trinajstić information content (AvgIpc) is 3.38. The Kier molecular flexibility index (Phi) is 3.42. The van der Waals surface area contributed by atoms with Crippen LogP contribution < -0.4 is 10.6 Å². The molecule has 3 aromatic rings. The highest BCUT2D eigenvalue weighted by molar-refractivity contribution is 5.85. The molecule has 2 amide bonds. The van der Waals surface area contributed by atoms with Crippen molar-refractivity contribution < 1.29 is 4.79 Å². The molecule has 1 atom stereocenters. The van der Waals surface area contributed by atoms with E-state index in [-0.39, 0.29) is 12.1 Å². The van der Waals surface area contributed by atoms with Crippen LogP contribution in [0.15, 0.2) is 48.7 Å². The van der Waals surface area contributed by atoms with Crippen molar-refractivity contribution in [3.63, 3.8) is 0 Å². The molecule has 2 aliphatic heterocycles. The number of aromatic amines is 1. The largest absolute Gasteiger partial charge is 0.372 e. The number of nitrogens with one attached hydrogen (secondary N) is 1. The van der Waals surface area contributed by atoms with Crippen LogP contribution in [0.25, 0.3) is 10.9 Å². The lowest BCUT2D eigenvalue weighted by atomic mass is 9.97. The number of carbonyl (C=O) groups excluding carboxylic acids is 1. The summed E-state index contributed by atoms with van der Waals surface area (Å²) in [6.45, 7) is 2.80. The molecule has 0 spiro atoms. The monoisotopic (exact) mass is 346 g/mol. The fraction of sp³-hybridized carbons (Fsp3) is 0.286. The molecule has 2 aromatic carbocycles. The fourth-order valence-corrected chi connectivity index (χ4v) is 4.47. The molecule has 0 aliphatic carbocycles. The van der Waals surface area contributed by atoms with E-state index in [9.17, 15) is 4.79 Å². The first-order valence-electron chi connectivity index (χ1n) is 9.22. The highest BCUT2D eigenvalue weighted by atomic mass is 16.2. The number of para-hydroxylation sites is 1. The van der Waals surface area contributed by atoms with E-state index in [0.717, 1.165) is 29.6 Å². The minimum atomic E-state index is -0.376. The van der Waals surface area contributed by atoms with Gasteiger partial charge in [-0.15, -0.1) is 0 Å². The number of anilines is 1. The Morgan fingerprint density at radius 1 is 1.08 bits per heavy atom. The van der Waals surface area contributed by atoms with Gasteiger partial charge in [0.05, 0.1) is 6.04 Å². The second-order valence-electron chi connectivity index (χ2n) is 7.24. The zero-order chi connectivity index (χ0) is 17.7. The Bertz CT molecular complexity index is 987. The maximum Gasteiger partial charge on any atom is 0.315 e. The Balaban J connectivity index is 1.61. The number of primary amides is 1. The summed E-state index contributed by atoms with van der Waals surface area (Å²) in [7, 11) is 0. The molecule has 5 rings (SSSR count). The maximum absolute atomic E-state index is 12.2. The lowest BCUT2D eigenvalue weighted by Gasteiger charge is -2.23. The summed E-state index contributed by atoms with van der Waals surface area (Å²) in [6, 6.07) is 14.3. The molecule has 26 heavy (non-hydrogen) atoms. The molecule has 0 saturated carbocycles. The van der Waals surface area contributed by atoms with Crippen LogP contribution in [0.1, 0.15) is 35.6 Å². The predicted octanol–water partition coefficient (Wildman–Crippen LogP) is 3.75. The maximum atomic E-state index is 12.2. The number of benzene rings is 2. The molecule has 5 nitrogen and oxygen atoms in total. The van der Waals surface area contributed by atoms with E-state index in [1.807, 2.05) is 18.3 Å². The van der Waals surface area contributed by atoms with Crippen LogP contribution in [0.2, 0.25) is 0 Å². The standard InChI is InChI=1S/C21H22N4O/c22-21(26)25-13-14-11-15(24-9-3-4-10-24)7-8-16(14)20(25)18-12-23-19-6-2-1-5-17(18)19/h1-2,5-8,11-12,20,23H,3-4,9-10,13H2,(H2,22,26). The van der Waals surface area contributed by atoms with E-state index >= 15 is 0 Å². The summed E-state index contributed by atoms with van der Waals surface area (Å²) in [5, 5.41) is 1.14. The molecule has 3 heterocycles. The second kappa shape index (κ2) is 5.80. The minimum absolute atomic E-state index is 0.133. The van der Waals surface area contributed by atoms with Crippen molar-refractivity contribution in [3.8, 4) is 0 Å². The fourth-order valence-electron chi connectivity index (χ4n) is 4.47. The number of carbonyl (C=O) groups is 1. The first-order valence-corrected chi connectivity index (χ1v) is 9.22. The number of hydrogen-bond acceptors (Lipinski definition) is 2. The Hall–Kier alpha value is -2.95. The van der Waals surface area contributed by atoms with Gasteiger partial charge in [-0.05, 0) is 42.2 Å². The van der Waals surface area contributed by atoms with E-state index in [4.69, 9.17) is 5.73 Å². The normalized spacial score (nSPS) is 19.3. The summed E-state index contributed by atoms with van der Waals surface area (Å²) in [5.41, 5.74) is 11.6. The van der Waals surface area contributed by atoms with Gasteiger partial charge in [-0.1, -0.05) is 24.3 Å². The number of amides is 2. The molecule has 2 aliphatic rings. The number of fused-ring (bicyclic) bond motifs is 2. The van der Waals surface area contributed by atoms with Gasteiger partial charge in [-0.25, -0.2) is 4.79 Å². The zero-order valence-electron chi connectivity index (χ0n) is 14.6. The van der Waals surface area contributed by atoms with Crippen molar-refractivity contribution in [1.29, 1.82) is 0 Å². The number of nitrogens with zero attached hydrogens (tertiary/aromatic N) is 2. The Morgan fingerprint density at radius 2 is 1.88 bits per heavy atom. The topological polar surface area (TPSA) is 65.4 Å². The van der Waals surface area contributed by atoms with Crippen molar-refractivity contribution in [3.05, 3.63) is 65.4 Å². The Labute approximate surface area is 152 Å². The van der Waals surface area contributed by atoms with Gasteiger partial charge in [0.2, 0.25) is 0 Å². The molecule has 0 bridgehead atoms. The van der Waals surface area contributed by atoms with Crippen LogP contribution in [-0.2, 0) is 6.54 Å².